The minimum absolute atomic E-state index is 0.0791. The Morgan fingerprint density at radius 3 is 2.43 bits per heavy atom. The molecule has 0 aliphatic rings. The zero-order chi connectivity index (χ0) is 16.9. The maximum absolute atomic E-state index is 12.0. The first-order valence-electron chi connectivity index (χ1n) is 7.32. The van der Waals surface area contributed by atoms with Crippen LogP contribution in [-0.2, 0) is 22.7 Å². The van der Waals surface area contributed by atoms with Crippen LogP contribution in [0.3, 0.4) is 0 Å². The Morgan fingerprint density at radius 1 is 1.13 bits per heavy atom. The summed E-state index contributed by atoms with van der Waals surface area (Å²) in [5.41, 5.74) is 0.0445. The third-order valence-corrected chi connectivity index (χ3v) is 3.05. The second-order valence-electron chi connectivity index (χ2n) is 6.18. The second-order valence-corrected chi connectivity index (χ2v) is 6.18. The van der Waals surface area contributed by atoms with E-state index in [1.165, 1.54) is 12.3 Å². The Kier molecular flexibility index (Phi) is 5.21. The summed E-state index contributed by atoms with van der Waals surface area (Å²) in [5.74, 6) is 0.0453. The molecule has 0 spiro atoms. The van der Waals surface area contributed by atoms with Crippen LogP contribution in [0.1, 0.15) is 32.1 Å². The zero-order valence-corrected chi connectivity index (χ0v) is 13.5. The van der Waals surface area contributed by atoms with Gasteiger partial charge in [0.1, 0.15) is 25.2 Å². The third kappa shape index (κ3) is 4.98. The van der Waals surface area contributed by atoms with E-state index in [-0.39, 0.29) is 36.1 Å². The number of benzene rings is 1. The molecule has 0 amide bonds. The van der Waals surface area contributed by atoms with E-state index in [2.05, 4.69) is 0 Å². The van der Waals surface area contributed by atoms with E-state index in [9.17, 15) is 9.59 Å². The average Bonchev–Trinajstić information content (AvgIpc) is 2.51. The van der Waals surface area contributed by atoms with Crippen molar-refractivity contribution in [2.24, 2.45) is 5.41 Å². The highest BCUT2D eigenvalue weighted by Crippen LogP contribution is 2.17. The van der Waals surface area contributed by atoms with Crippen LogP contribution in [0.2, 0.25) is 0 Å². The highest BCUT2D eigenvalue weighted by Gasteiger charge is 2.23. The van der Waals surface area contributed by atoms with Crippen molar-refractivity contribution < 1.29 is 18.7 Å². The number of carbonyl (C=O) groups excluding carboxylic acids is 1. The molecule has 5 nitrogen and oxygen atoms in total. The van der Waals surface area contributed by atoms with Crippen molar-refractivity contribution in [2.75, 3.05) is 0 Å². The van der Waals surface area contributed by atoms with Crippen LogP contribution in [0.25, 0.3) is 0 Å². The van der Waals surface area contributed by atoms with Gasteiger partial charge in [-0.2, -0.15) is 0 Å². The molecular weight excluding hydrogens is 296 g/mol. The molecule has 2 rings (SSSR count). The van der Waals surface area contributed by atoms with E-state index in [1.807, 2.05) is 30.3 Å². The predicted octanol–water partition coefficient (Wildman–Crippen LogP) is 3.31. The Hall–Kier alpha value is -2.56. The zero-order valence-electron chi connectivity index (χ0n) is 13.5. The molecule has 1 aromatic heterocycles. The van der Waals surface area contributed by atoms with Gasteiger partial charge in [-0.3, -0.25) is 9.59 Å². The van der Waals surface area contributed by atoms with Crippen LogP contribution in [0.15, 0.2) is 51.9 Å². The minimum atomic E-state index is -0.598. The molecule has 0 aliphatic heterocycles. The molecule has 0 bridgehead atoms. The third-order valence-electron chi connectivity index (χ3n) is 3.05. The summed E-state index contributed by atoms with van der Waals surface area (Å²) in [6.45, 7) is 5.47. The lowest BCUT2D eigenvalue weighted by Gasteiger charge is -2.16. The molecule has 0 radical (unpaired) electrons. The number of ether oxygens (including phenoxy) is 2. The summed E-state index contributed by atoms with van der Waals surface area (Å²) in [6, 6.07) is 10.8. The first kappa shape index (κ1) is 16.8. The summed E-state index contributed by atoms with van der Waals surface area (Å²) >= 11 is 0. The summed E-state index contributed by atoms with van der Waals surface area (Å²) in [7, 11) is 0. The maximum atomic E-state index is 12.0. The van der Waals surface area contributed by atoms with Crippen LogP contribution >= 0.6 is 0 Å². The largest absolute Gasteiger partial charge is 0.482 e. The molecule has 0 unspecified atom stereocenters. The van der Waals surface area contributed by atoms with Gasteiger partial charge in [0.25, 0.3) is 0 Å². The van der Waals surface area contributed by atoms with Gasteiger partial charge in [0.15, 0.2) is 0 Å². The van der Waals surface area contributed by atoms with Crippen molar-refractivity contribution in [1.82, 2.24) is 0 Å². The van der Waals surface area contributed by atoms with Gasteiger partial charge in [-0.25, -0.2) is 0 Å². The van der Waals surface area contributed by atoms with Crippen LogP contribution in [-0.4, -0.2) is 5.97 Å². The fourth-order valence-corrected chi connectivity index (χ4v) is 1.71. The van der Waals surface area contributed by atoms with Gasteiger partial charge in [0.05, 0.1) is 5.41 Å². The van der Waals surface area contributed by atoms with E-state index in [0.29, 0.717) is 0 Å². The van der Waals surface area contributed by atoms with Gasteiger partial charge in [-0.15, -0.1) is 0 Å². The molecule has 0 atom stereocenters. The average molecular weight is 316 g/mol. The smallest absolute Gasteiger partial charge is 0.311 e. The molecule has 5 heteroatoms. The minimum Gasteiger partial charge on any atom is -0.482 e. The molecule has 1 aromatic carbocycles. The summed E-state index contributed by atoms with van der Waals surface area (Å²) < 4.78 is 15.8. The van der Waals surface area contributed by atoms with Crippen molar-refractivity contribution in [2.45, 2.75) is 34.0 Å². The first-order valence-corrected chi connectivity index (χ1v) is 7.32. The van der Waals surface area contributed by atoms with Gasteiger partial charge in [0.2, 0.25) is 11.2 Å². The summed E-state index contributed by atoms with van der Waals surface area (Å²) in [5, 5.41) is 0. The van der Waals surface area contributed by atoms with Crippen LogP contribution in [0.5, 0.6) is 5.75 Å². The number of hydrogen-bond donors (Lipinski definition) is 0. The molecule has 0 aliphatic carbocycles. The van der Waals surface area contributed by atoms with Gasteiger partial charge < -0.3 is 13.9 Å². The Labute approximate surface area is 134 Å². The highest BCUT2D eigenvalue weighted by atomic mass is 16.5. The van der Waals surface area contributed by atoms with E-state index < -0.39 is 5.41 Å². The molecule has 0 saturated heterocycles. The molecule has 0 fully saturated rings. The number of esters is 1. The molecule has 2 aromatic rings. The lowest BCUT2D eigenvalue weighted by atomic mass is 9.97. The number of hydrogen-bond acceptors (Lipinski definition) is 5. The fourth-order valence-electron chi connectivity index (χ4n) is 1.71. The molecule has 1 heterocycles. The highest BCUT2D eigenvalue weighted by molar-refractivity contribution is 5.75. The van der Waals surface area contributed by atoms with E-state index in [4.69, 9.17) is 13.9 Å². The van der Waals surface area contributed by atoms with E-state index in [1.54, 1.807) is 20.8 Å². The Bertz CT molecular complexity index is 710. The van der Waals surface area contributed by atoms with Crippen LogP contribution < -0.4 is 10.2 Å². The van der Waals surface area contributed by atoms with Gasteiger partial charge in [-0.1, -0.05) is 30.3 Å². The van der Waals surface area contributed by atoms with Crippen molar-refractivity contribution in [3.8, 4) is 5.75 Å². The van der Waals surface area contributed by atoms with Crippen LogP contribution in [0.4, 0.5) is 0 Å². The van der Waals surface area contributed by atoms with Crippen molar-refractivity contribution in [1.29, 1.82) is 0 Å². The van der Waals surface area contributed by atoms with Crippen molar-refractivity contribution in [3.05, 3.63) is 64.2 Å². The molecule has 0 saturated carbocycles. The van der Waals surface area contributed by atoms with Gasteiger partial charge >= 0.3 is 5.97 Å². The molecule has 0 N–H and O–H groups in total. The number of carbonyl (C=O) groups is 1. The molecule has 122 valence electrons. The SMILES string of the molecule is CC(C)(C)C(=O)OCc1cc(=O)c(OCc2ccccc2)co1. The molecular formula is C18H20O5. The van der Waals surface area contributed by atoms with E-state index >= 15 is 0 Å². The first-order chi connectivity index (χ1) is 10.9. The lowest BCUT2D eigenvalue weighted by molar-refractivity contribution is -0.154. The Balaban J connectivity index is 1.95. The standard InChI is InChI=1S/C18H20O5/c1-18(2,3)17(20)23-11-14-9-15(19)16(12-21-14)22-10-13-7-5-4-6-8-13/h4-9,12H,10-11H2,1-3H3. The summed E-state index contributed by atoms with van der Waals surface area (Å²) in [4.78, 5) is 23.7. The maximum Gasteiger partial charge on any atom is 0.311 e. The van der Waals surface area contributed by atoms with Crippen LogP contribution in [0, 0.1) is 5.41 Å². The lowest BCUT2D eigenvalue weighted by Crippen LogP contribution is -2.22. The van der Waals surface area contributed by atoms with E-state index in [0.717, 1.165) is 5.56 Å². The number of rotatable bonds is 5. The van der Waals surface area contributed by atoms with Crippen molar-refractivity contribution in [3.63, 3.8) is 0 Å². The van der Waals surface area contributed by atoms with Crippen molar-refractivity contribution >= 4 is 5.97 Å². The fraction of sp³-hybridized carbons (Fsp3) is 0.333. The quantitative estimate of drug-likeness (QED) is 0.792. The molecule has 23 heavy (non-hydrogen) atoms. The topological polar surface area (TPSA) is 65.7 Å². The summed E-state index contributed by atoms with van der Waals surface area (Å²) in [6.07, 6.45) is 1.24. The monoisotopic (exact) mass is 316 g/mol. The van der Waals surface area contributed by atoms with Gasteiger partial charge in [0, 0.05) is 6.07 Å². The Morgan fingerprint density at radius 2 is 1.83 bits per heavy atom. The predicted molar refractivity (Wildman–Crippen MR) is 85.0 cm³/mol. The van der Waals surface area contributed by atoms with Gasteiger partial charge in [-0.05, 0) is 26.3 Å². The normalized spacial score (nSPS) is 11.1. The second kappa shape index (κ2) is 7.13.